The van der Waals surface area contributed by atoms with E-state index in [-0.39, 0.29) is 11.3 Å². The number of hydrogen-bond acceptors (Lipinski definition) is 3. The maximum absolute atomic E-state index is 13.3. The molecule has 0 spiro atoms. The number of carbonyl (C=O) groups is 2. The number of para-hydroxylation sites is 1. The Hall–Kier alpha value is -3.20. The Kier molecular flexibility index (Phi) is 4.83. The van der Waals surface area contributed by atoms with Crippen LogP contribution in [0.4, 0.5) is 15.8 Å². The molecule has 2 aromatic rings. The number of rotatable bonds is 4. The van der Waals surface area contributed by atoms with Crippen molar-refractivity contribution in [1.29, 1.82) is 0 Å². The van der Waals surface area contributed by atoms with Gasteiger partial charge in [-0.15, -0.1) is 0 Å². The highest BCUT2D eigenvalue weighted by Crippen LogP contribution is 2.14. The lowest BCUT2D eigenvalue weighted by Gasteiger charge is -2.07. The quantitative estimate of drug-likeness (QED) is 0.696. The van der Waals surface area contributed by atoms with E-state index in [1.807, 2.05) is 0 Å². The number of carbonyl (C=O) groups excluding carboxylic acids is 2. The van der Waals surface area contributed by atoms with Crippen molar-refractivity contribution in [3.63, 3.8) is 0 Å². The highest BCUT2D eigenvalue weighted by atomic mass is 19.1. The first-order valence-electron chi connectivity index (χ1n) is 6.29. The van der Waals surface area contributed by atoms with Crippen LogP contribution in [-0.4, -0.2) is 18.5 Å². The fourth-order valence-corrected chi connectivity index (χ4v) is 1.64. The van der Waals surface area contributed by atoms with E-state index in [1.54, 1.807) is 6.07 Å². The number of nitrogens with zero attached hydrogens (tertiary/aromatic N) is 1. The van der Waals surface area contributed by atoms with Crippen LogP contribution in [0.3, 0.4) is 0 Å². The first-order chi connectivity index (χ1) is 10.6. The fraction of sp³-hybridized carbons (Fsp3) is 0.0625. The number of esters is 1. The van der Waals surface area contributed by atoms with E-state index < -0.39 is 24.3 Å². The largest absolute Gasteiger partial charge is 0.452 e. The molecule has 0 aliphatic rings. The third kappa shape index (κ3) is 3.90. The van der Waals surface area contributed by atoms with Gasteiger partial charge >= 0.3 is 5.97 Å². The SMILES string of the molecule is [C-]#[N+]c1ccc(C(=O)OCC(=O)Nc2ccccc2F)cc1. The molecule has 0 aliphatic carbocycles. The summed E-state index contributed by atoms with van der Waals surface area (Å²) in [5.41, 5.74) is 0.643. The van der Waals surface area contributed by atoms with E-state index in [0.29, 0.717) is 5.69 Å². The molecule has 0 aromatic heterocycles. The van der Waals surface area contributed by atoms with Gasteiger partial charge in [-0.3, -0.25) is 4.79 Å². The topological polar surface area (TPSA) is 59.8 Å². The lowest BCUT2D eigenvalue weighted by atomic mass is 10.2. The van der Waals surface area contributed by atoms with E-state index in [1.165, 1.54) is 42.5 Å². The van der Waals surface area contributed by atoms with Gasteiger partial charge in [-0.05, 0) is 12.1 Å². The van der Waals surface area contributed by atoms with E-state index in [2.05, 4.69) is 10.2 Å². The maximum atomic E-state index is 13.3. The molecule has 0 atom stereocenters. The van der Waals surface area contributed by atoms with E-state index in [9.17, 15) is 14.0 Å². The zero-order chi connectivity index (χ0) is 15.9. The zero-order valence-corrected chi connectivity index (χ0v) is 11.4. The molecule has 110 valence electrons. The number of anilines is 1. The van der Waals surface area contributed by atoms with Gasteiger partial charge in [-0.25, -0.2) is 14.0 Å². The Labute approximate surface area is 126 Å². The van der Waals surface area contributed by atoms with Crippen LogP contribution in [0.1, 0.15) is 10.4 Å². The van der Waals surface area contributed by atoms with Crippen molar-refractivity contribution in [2.75, 3.05) is 11.9 Å². The van der Waals surface area contributed by atoms with E-state index in [0.717, 1.165) is 0 Å². The minimum atomic E-state index is -0.694. The summed E-state index contributed by atoms with van der Waals surface area (Å²) >= 11 is 0. The second kappa shape index (κ2) is 6.99. The number of benzene rings is 2. The molecule has 2 aromatic carbocycles. The van der Waals surface area contributed by atoms with Gasteiger partial charge in [0.25, 0.3) is 5.91 Å². The molecule has 1 amide bonds. The smallest absolute Gasteiger partial charge is 0.338 e. The molecular weight excluding hydrogens is 287 g/mol. The first kappa shape index (κ1) is 15.2. The normalized spacial score (nSPS) is 9.64. The van der Waals surface area contributed by atoms with Crippen LogP contribution in [0.25, 0.3) is 4.85 Å². The van der Waals surface area contributed by atoms with Gasteiger partial charge in [0.1, 0.15) is 5.82 Å². The van der Waals surface area contributed by atoms with Crippen LogP contribution >= 0.6 is 0 Å². The van der Waals surface area contributed by atoms with Gasteiger partial charge < -0.3 is 10.1 Å². The monoisotopic (exact) mass is 298 g/mol. The fourth-order valence-electron chi connectivity index (χ4n) is 1.64. The van der Waals surface area contributed by atoms with Crippen molar-refractivity contribution < 1.29 is 18.7 Å². The molecule has 22 heavy (non-hydrogen) atoms. The Morgan fingerprint density at radius 3 is 2.45 bits per heavy atom. The summed E-state index contributed by atoms with van der Waals surface area (Å²) in [6, 6.07) is 11.5. The van der Waals surface area contributed by atoms with Crippen molar-refractivity contribution >= 4 is 23.3 Å². The molecular formula is C16H11FN2O3. The van der Waals surface area contributed by atoms with Crippen molar-refractivity contribution in [2.24, 2.45) is 0 Å². The lowest BCUT2D eigenvalue weighted by Crippen LogP contribution is -2.21. The van der Waals surface area contributed by atoms with Gasteiger partial charge in [-0.1, -0.05) is 36.4 Å². The van der Waals surface area contributed by atoms with Crippen molar-refractivity contribution in [2.45, 2.75) is 0 Å². The molecule has 0 radical (unpaired) electrons. The average Bonchev–Trinajstić information content (AvgIpc) is 2.55. The summed E-state index contributed by atoms with van der Waals surface area (Å²) in [6.45, 7) is 6.28. The number of ether oxygens (including phenoxy) is 1. The predicted octanol–water partition coefficient (Wildman–Crippen LogP) is 3.17. The summed E-state index contributed by atoms with van der Waals surface area (Å²) in [7, 11) is 0. The highest BCUT2D eigenvalue weighted by Gasteiger charge is 2.11. The van der Waals surface area contributed by atoms with Crippen LogP contribution in [0.15, 0.2) is 48.5 Å². The van der Waals surface area contributed by atoms with Crippen LogP contribution in [0.2, 0.25) is 0 Å². The molecule has 2 rings (SSSR count). The summed E-state index contributed by atoms with van der Waals surface area (Å²) in [5, 5.41) is 2.30. The van der Waals surface area contributed by atoms with E-state index >= 15 is 0 Å². The summed E-state index contributed by atoms with van der Waals surface area (Å²) < 4.78 is 18.2. The van der Waals surface area contributed by atoms with Crippen LogP contribution in [-0.2, 0) is 9.53 Å². The minimum Gasteiger partial charge on any atom is -0.452 e. The third-order valence-electron chi connectivity index (χ3n) is 2.71. The lowest BCUT2D eigenvalue weighted by molar-refractivity contribution is -0.119. The Balaban J connectivity index is 1.89. The second-order valence-electron chi connectivity index (χ2n) is 4.26. The Morgan fingerprint density at radius 2 is 1.82 bits per heavy atom. The molecule has 5 nitrogen and oxygen atoms in total. The van der Waals surface area contributed by atoms with Crippen molar-refractivity contribution in [3.05, 3.63) is 71.3 Å². The average molecular weight is 298 g/mol. The predicted molar refractivity (Wildman–Crippen MR) is 78.0 cm³/mol. The number of halogens is 1. The molecule has 0 bridgehead atoms. The van der Waals surface area contributed by atoms with Gasteiger partial charge in [0.15, 0.2) is 12.3 Å². The van der Waals surface area contributed by atoms with Crippen molar-refractivity contribution in [1.82, 2.24) is 0 Å². The van der Waals surface area contributed by atoms with E-state index in [4.69, 9.17) is 11.3 Å². The van der Waals surface area contributed by atoms with Gasteiger partial charge in [0, 0.05) is 0 Å². The first-order valence-corrected chi connectivity index (χ1v) is 6.29. The summed E-state index contributed by atoms with van der Waals surface area (Å²) in [6.07, 6.45) is 0. The Morgan fingerprint density at radius 1 is 1.14 bits per heavy atom. The molecule has 0 saturated carbocycles. The Bertz CT molecular complexity index is 736. The highest BCUT2D eigenvalue weighted by molar-refractivity contribution is 5.95. The molecule has 0 aliphatic heterocycles. The minimum absolute atomic E-state index is 0.0185. The molecule has 0 unspecified atom stereocenters. The van der Waals surface area contributed by atoms with Crippen LogP contribution in [0, 0.1) is 12.4 Å². The van der Waals surface area contributed by atoms with Crippen LogP contribution < -0.4 is 5.32 Å². The molecule has 6 heteroatoms. The molecule has 1 N–H and O–H groups in total. The number of hydrogen-bond donors (Lipinski definition) is 1. The third-order valence-corrected chi connectivity index (χ3v) is 2.71. The van der Waals surface area contributed by atoms with Gasteiger partial charge in [-0.2, -0.15) is 0 Å². The molecule has 0 heterocycles. The number of amides is 1. The standard InChI is InChI=1S/C16H11FN2O3/c1-18-12-8-6-11(7-9-12)16(21)22-10-15(20)19-14-5-3-2-4-13(14)17/h2-9H,10H2,(H,19,20). The second-order valence-corrected chi connectivity index (χ2v) is 4.26. The van der Waals surface area contributed by atoms with Gasteiger partial charge in [0.05, 0.1) is 17.8 Å². The van der Waals surface area contributed by atoms with Crippen molar-refractivity contribution in [3.8, 4) is 0 Å². The zero-order valence-electron chi connectivity index (χ0n) is 11.4. The number of nitrogens with one attached hydrogen (secondary N) is 1. The molecule has 0 fully saturated rings. The van der Waals surface area contributed by atoms with Gasteiger partial charge in [0.2, 0.25) is 0 Å². The summed E-state index contributed by atoms with van der Waals surface area (Å²) in [5.74, 6) is -1.91. The summed E-state index contributed by atoms with van der Waals surface area (Å²) in [4.78, 5) is 26.5. The maximum Gasteiger partial charge on any atom is 0.338 e. The van der Waals surface area contributed by atoms with Crippen LogP contribution in [0.5, 0.6) is 0 Å². The molecule has 0 saturated heterocycles.